The molecule has 0 aliphatic carbocycles. The second kappa shape index (κ2) is 10.3. The van der Waals surface area contributed by atoms with Gasteiger partial charge in [-0.15, -0.1) is 0 Å². The van der Waals surface area contributed by atoms with Crippen LogP contribution in [0, 0.1) is 0 Å². The highest BCUT2D eigenvalue weighted by atomic mass is 35.5. The van der Waals surface area contributed by atoms with Gasteiger partial charge in [0, 0.05) is 28.5 Å². The standard InChI is InChI=1S/C19H5Cl10NO2/c1-32-19(31)18-5(7-10(22)14(26)17(29)15(27)11(7)23)2-4(3-30-18)6-8(20)12(24)16(28)13(25)9(6)21/h2-3H,1H3. The van der Waals surface area contributed by atoms with Gasteiger partial charge in [-0.1, -0.05) is 116 Å². The number of carbonyl (C=O) groups excluding carboxylic acids is 1. The van der Waals surface area contributed by atoms with Crippen LogP contribution in [0.2, 0.25) is 50.2 Å². The molecule has 0 spiro atoms. The van der Waals surface area contributed by atoms with Crippen LogP contribution in [0.4, 0.5) is 0 Å². The lowest BCUT2D eigenvalue weighted by Gasteiger charge is -2.17. The van der Waals surface area contributed by atoms with Gasteiger partial charge in [0.2, 0.25) is 0 Å². The highest BCUT2D eigenvalue weighted by Gasteiger charge is 2.27. The Kier molecular flexibility index (Phi) is 8.54. The van der Waals surface area contributed by atoms with E-state index in [1.165, 1.54) is 19.4 Å². The van der Waals surface area contributed by atoms with E-state index in [0.29, 0.717) is 5.56 Å². The van der Waals surface area contributed by atoms with Gasteiger partial charge in [0.25, 0.3) is 0 Å². The maximum atomic E-state index is 12.4. The fraction of sp³-hybridized carbons (Fsp3) is 0.0526. The third-order valence-corrected chi connectivity index (χ3v) is 8.80. The third kappa shape index (κ3) is 4.47. The number of halogens is 10. The first-order chi connectivity index (χ1) is 14.9. The summed E-state index contributed by atoms with van der Waals surface area (Å²) in [5.74, 6) is -0.787. The van der Waals surface area contributed by atoms with Gasteiger partial charge in [-0.3, -0.25) is 0 Å². The van der Waals surface area contributed by atoms with E-state index in [-0.39, 0.29) is 72.6 Å². The van der Waals surface area contributed by atoms with E-state index in [1.807, 2.05) is 0 Å². The number of ether oxygens (including phenoxy) is 1. The van der Waals surface area contributed by atoms with E-state index in [2.05, 4.69) is 4.98 Å². The molecule has 13 heteroatoms. The Bertz CT molecular complexity index is 1230. The van der Waals surface area contributed by atoms with Crippen LogP contribution in [-0.4, -0.2) is 18.1 Å². The minimum Gasteiger partial charge on any atom is -0.464 e. The number of benzene rings is 2. The predicted octanol–water partition coefficient (Wildman–Crippen LogP) is 10.7. The molecule has 0 bridgehead atoms. The molecule has 0 saturated carbocycles. The molecule has 0 amide bonds. The topological polar surface area (TPSA) is 39.2 Å². The molecular formula is C19H5Cl10NO2. The van der Waals surface area contributed by atoms with E-state index in [0.717, 1.165) is 0 Å². The molecule has 0 aliphatic heterocycles. The van der Waals surface area contributed by atoms with Crippen LogP contribution in [0.1, 0.15) is 10.5 Å². The molecular weight excluding hydrogens is 629 g/mol. The van der Waals surface area contributed by atoms with Gasteiger partial charge in [0.05, 0.1) is 57.3 Å². The fourth-order valence-electron chi connectivity index (χ4n) is 2.75. The Hall–Kier alpha value is -0.0400. The molecule has 32 heavy (non-hydrogen) atoms. The van der Waals surface area contributed by atoms with Gasteiger partial charge in [0.15, 0.2) is 5.69 Å². The predicted molar refractivity (Wildman–Crippen MR) is 137 cm³/mol. The maximum Gasteiger partial charge on any atom is 0.357 e. The van der Waals surface area contributed by atoms with Crippen molar-refractivity contribution in [3.63, 3.8) is 0 Å². The summed E-state index contributed by atoms with van der Waals surface area (Å²) in [4.78, 5) is 16.6. The summed E-state index contributed by atoms with van der Waals surface area (Å²) in [6.07, 6.45) is 1.31. The summed E-state index contributed by atoms with van der Waals surface area (Å²) in [5, 5.41) is -0.399. The molecule has 1 heterocycles. The zero-order valence-corrected chi connectivity index (χ0v) is 22.8. The van der Waals surface area contributed by atoms with Gasteiger partial charge >= 0.3 is 5.97 Å². The molecule has 3 nitrogen and oxygen atoms in total. The van der Waals surface area contributed by atoms with Crippen molar-refractivity contribution in [3.05, 3.63) is 68.2 Å². The zero-order chi connectivity index (χ0) is 24.1. The van der Waals surface area contributed by atoms with Crippen LogP contribution in [0.15, 0.2) is 12.3 Å². The van der Waals surface area contributed by atoms with E-state index in [1.54, 1.807) is 0 Å². The number of hydrogen-bond donors (Lipinski definition) is 0. The number of rotatable bonds is 3. The normalized spacial score (nSPS) is 11.1. The minimum absolute atomic E-state index is 0.00833. The Balaban J connectivity index is 2.46. The molecule has 3 rings (SSSR count). The fourth-order valence-corrected chi connectivity index (χ4v) is 5.45. The summed E-state index contributed by atoms with van der Waals surface area (Å²) in [5.41, 5.74) is 0.557. The number of aromatic nitrogens is 1. The summed E-state index contributed by atoms with van der Waals surface area (Å²) >= 11 is 62.5. The van der Waals surface area contributed by atoms with E-state index >= 15 is 0 Å². The van der Waals surface area contributed by atoms with Gasteiger partial charge in [-0.25, -0.2) is 9.78 Å². The zero-order valence-electron chi connectivity index (χ0n) is 15.2. The summed E-state index contributed by atoms with van der Waals surface area (Å²) < 4.78 is 4.82. The van der Waals surface area contributed by atoms with Gasteiger partial charge in [-0.2, -0.15) is 0 Å². The van der Waals surface area contributed by atoms with Crippen LogP contribution in [0.5, 0.6) is 0 Å². The number of hydrogen-bond acceptors (Lipinski definition) is 3. The molecule has 0 N–H and O–H groups in total. The number of esters is 1. The number of methoxy groups -OCH3 is 1. The highest BCUT2D eigenvalue weighted by molar-refractivity contribution is 6.57. The Morgan fingerprint density at radius 3 is 1.44 bits per heavy atom. The molecule has 0 atom stereocenters. The van der Waals surface area contributed by atoms with Crippen molar-refractivity contribution in [2.24, 2.45) is 0 Å². The molecule has 3 aromatic rings. The van der Waals surface area contributed by atoms with Crippen molar-refractivity contribution in [1.82, 2.24) is 4.98 Å². The largest absolute Gasteiger partial charge is 0.464 e. The van der Waals surface area contributed by atoms with E-state index in [4.69, 9.17) is 121 Å². The summed E-state index contributed by atoms with van der Waals surface area (Å²) in [7, 11) is 1.18. The van der Waals surface area contributed by atoms with Crippen LogP contribution < -0.4 is 0 Å². The first-order valence-electron chi connectivity index (χ1n) is 8.05. The lowest BCUT2D eigenvalue weighted by atomic mass is 9.98. The average molecular weight is 634 g/mol. The maximum absolute atomic E-state index is 12.4. The number of pyridine rings is 1. The second-order valence-electron chi connectivity index (χ2n) is 6.00. The van der Waals surface area contributed by atoms with Crippen molar-refractivity contribution < 1.29 is 9.53 Å². The quantitative estimate of drug-likeness (QED) is 0.164. The average Bonchev–Trinajstić information content (AvgIpc) is 2.78. The lowest BCUT2D eigenvalue weighted by Crippen LogP contribution is -2.07. The van der Waals surface area contributed by atoms with Crippen molar-refractivity contribution >= 4 is 122 Å². The van der Waals surface area contributed by atoms with Crippen molar-refractivity contribution in [3.8, 4) is 22.3 Å². The van der Waals surface area contributed by atoms with Crippen LogP contribution in [-0.2, 0) is 4.74 Å². The minimum atomic E-state index is -0.787. The van der Waals surface area contributed by atoms with Crippen molar-refractivity contribution in [2.45, 2.75) is 0 Å². The van der Waals surface area contributed by atoms with Crippen LogP contribution in [0.3, 0.4) is 0 Å². The molecule has 0 radical (unpaired) electrons. The molecule has 1 aromatic heterocycles. The highest BCUT2D eigenvalue weighted by Crippen LogP contribution is 2.51. The van der Waals surface area contributed by atoms with Crippen molar-refractivity contribution in [1.29, 1.82) is 0 Å². The third-order valence-electron chi connectivity index (χ3n) is 4.24. The van der Waals surface area contributed by atoms with Crippen molar-refractivity contribution in [2.75, 3.05) is 7.11 Å². The Morgan fingerprint density at radius 1 is 0.656 bits per heavy atom. The van der Waals surface area contributed by atoms with Crippen LogP contribution >= 0.6 is 116 Å². The first-order valence-corrected chi connectivity index (χ1v) is 11.8. The van der Waals surface area contributed by atoms with Gasteiger partial charge < -0.3 is 4.74 Å². The Morgan fingerprint density at radius 2 is 1.03 bits per heavy atom. The molecule has 0 fully saturated rings. The molecule has 0 aliphatic rings. The van der Waals surface area contributed by atoms with E-state index in [9.17, 15) is 4.79 Å². The monoisotopic (exact) mass is 629 g/mol. The smallest absolute Gasteiger partial charge is 0.357 e. The number of nitrogens with zero attached hydrogens (tertiary/aromatic N) is 1. The van der Waals surface area contributed by atoms with E-state index < -0.39 is 5.97 Å². The second-order valence-corrected chi connectivity index (χ2v) is 9.78. The first kappa shape index (κ1) is 26.6. The van der Waals surface area contributed by atoms with Crippen LogP contribution in [0.25, 0.3) is 22.3 Å². The molecule has 168 valence electrons. The summed E-state index contributed by atoms with van der Waals surface area (Å²) in [6.45, 7) is 0. The molecule has 0 unspecified atom stereocenters. The number of carbonyl (C=O) groups is 1. The summed E-state index contributed by atoms with van der Waals surface area (Å²) in [6, 6.07) is 1.47. The lowest BCUT2D eigenvalue weighted by molar-refractivity contribution is 0.0595. The SMILES string of the molecule is COC(=O)c1ncc(-c2c(Cl)c(Cl)c(Cl)c(Cl)c2Cl)cc1-c1c(Cl)c(Cl)c(Cl)c(Cl)c1Cl. The van der Waals surface area contributed by atoms with Gasteiger partial charge in [-0.05, 0) is 6.07 Å². The van der Waals surface area contributed by atoms with Gasteiger partial charge in [0.1, 0.15) is 0 Å². The molecule has 2 aromatic carbocycles. The molecule has 0 saturated heterocycles. The Labute approximate surface area is 232 Å².